The molecule has 0 bridgehead atoms. The van der Waals surface area contributed by atoms with Gasteiger partial charge in [0, 0.05) is 39.2 Å². The highest BCUT2D eigenvalue weighted by Crippen LogP contribution is 2.19. The van der Waals surface area contributed by atoms with Crippen molar-refractivity contribution in [3.63, 3.8) is 0 Å². The van der Waals surface area contributed by atoms with E-state index in [1.807, 2.05) is 13.8 Å². The molecule has 18 heavy (non-hydrogen) atoms. The molecule has 0 aliphatic carbocycles. The molecule has 0 spiro atoms. The first kappa shape index (κ1) is 18.1. The Hall–Kier alpha value is 0.0769. The lowest BCUT2D eigenvalue weighted by molar-refractivity contribution is -0.114. The van der Waals surface area contributed by atoms with Crippen molar-refractivity contribution in [2.24, 2.45) is 0 Å². The normalized spacial score (nSPS) is 11.8. The summed E-state index contributed by atoms with van der Waals surface area (Å²) in [5, 5.41) is 0.0509. The van der Waals surface area contributed by atoms with Gasteiger partial charge in [-0.3, -0.25) is 4.79 Å². The van der Waals surface area contributed by atoms with Crippen LogP contribution in [0.5, 0.6) is 0 Å². The maximum Gasteiger partial charge on any atom is 0.500 e. The van der Waals surface area contributed by atoms with E-state index in [0.717, 1.165) is 18.2 Å². The number of hydrogen-bond acceptors (Lipinski definition) is 6. The van der Waals surface area contributed by atoms with Crippen LogP contribution in [0.25, 0.3) is 0 Å². The largest absolute Gasteiger partial charge is 0.500 e. The summed E-state index contributed by atoms with van der Waals surface area (Å²) in [6.07, 6.45) is 0.834. The van der Waals surface area contributed by atoms with E-state index >= 15 is 0 Å². The SMILES string of the molecule is CCO[Si](CCCSC(=O)COC)(OC)OCC. The van der Waals surface area contributed by atoms with Gasteiger partial charge < -0.3 is 18.0 Å². The third-order valence-electron chi connectivity index (χ3n) is 2.19. The predicted octanol–water partition coefficient (Wildman–Crippen LogP) is 1.94. The average molecular weight is 296 g/mol. The number of thioether (sulfide) groups is 1. The molecular formula is C11H24O5SSi. The summed E-state index contributed by atoms with van der Waals surface area (Å²) in [7, 11) is 0.629. The second kappa shape index (κ2) is 11.0. The van der Waals surface area contributed by atoms with E-state index in [9.17, 15) is 4.79 Å². The molecule has 0 heterocycles. The van der Waals surface area contributed by atoms with Crippen molar-refractivity contribution in [2.45, 2.75) is 26.3 Å². The fourth-order valence-corrected chi connectivity index (χ4v) is 4.75. The summed E-state index contributed by atoms with van der Waals surface area (Å²) in [4.78, 5) is 11.2. The second-order valence-corrected chi connectivity index (χ2v) is 7.51. The maximum absolute atomic E-state index is 11.2. The maximum atomic E-state index is 11.2. The quantitative estimate of drug-likeness (QED) is 0.429. The van der Waals surface area contributed by atoms with Crippen molar-refractivity contribution in [1.82, 2.24) is 0 Å². The van der Waals surface area contributed by atoms with Crippen LogP contribution in [0.2, 0.25) is 6.04 Å². The Morgan fingerprint density at radius 1 is 1.17 bits per heavy atom. The van der Waals surface area contributed by atoms with Crippen LogP contribution in [0, 0.1) is 0 Å². The average Bonchev–Trinajstić information content (AvgIpc) is 2.35. The summed E-state index contributed by atoms with van der Waals surface area (Å²) in [6.45, 7) is 5.17. The topological polar surface area (TPSA) is 54.0 Å². The highest BCUT2D eigenvalue weighted by molar-refractivity contribution is 8.13. The van der Waals surface area contributed by atoms with E-state index in [-0.39, 0.29) is 11.7 Å². The molecule has 0 fully saturated rings. The van der Waals surface area contributed by atoms with Crippen molar-refractivity contribution in [3.05, 3.63) is 0 Å². The minimum Gasteiger partial charge on any atom is -0.377 e. The highest BCUT2D eigenvalue weighted by atomic mass is 32.2. The van der Waals surface area contributed by atoms with E-state index < -0.39 is 8.80 Å². The Morgan fingerprint density at radius 2 is 1.78 bits per heavy atom. The summed E-state index contributed by atoms with van der Waals surface area (Å²) in [5.74, 6) is 0.737. The predicted molar refractivity (Wildman–Crippen MR) is 74.8 cm³/mol. The fourth-order valence-electron chi connectivity index (χ4n) is 1.48. The number of hydrogen-bond donors (Lipinski definition) is 0. The zero-order chi connectivity index (χ0) is 13.9. The Balaban J connectivity index is 3.99. The van der Waals surface area contributed by atoms with Gasteiger partial charge in [-0.05, 0) is 20.3 Å². The molecule has 0 aliphatic heterocycles. The third kappa shape index (κ3) is 7.50. The van der Waals surface area contributed by atoms with Crippen molar-refractivity contribution in [3.8, 4) is 0 Å². The molecule has 0 aromatic rings. The van der Waals surface area contributed by atoms with Gasteiger partial charge in [0.1, 0.15) is 6.61 Å². The number of carbonyl (C=O) groups excluding carboxylic acids is 1. The number of ether oxygens (including phenoxy) is 1. The molecule has 7 heteroatoms. The first-order chi connectivity index (χ1) is 8.64. The van der Waals surface area contributed by atoms with Gasteiger partial charge in [-0.15, -0.1) is 0 Å². The molecule has 0 radical (unpaired) electrons. The van der Waals surface area contributed by atoms with Crippen molar-refractivity contribution in [1.29, 1.82) is 0 Å². The molecule has 0 atom stereocenters. The number of rotatable bonds is 11. The van der Waals surface area contributed by atoms with E-state index in [2.05, 4.69) is 0 Å². The first-order valence-corrected chi connectivity index (χ1v) is 9.03. The Morgan fingerprint density at radius 3 is 2.22 bits per heavy atom. The van der Waals surface area contributed by atoms with E-state index in [0.29, 0.717) is 13.2 Å². The van der Waals surface area contributed by atoms with Crippen molar-refractivity contribution in [2.75, 3.05) is 39.8 Å². The summed E-state index contributed by atoms with van der Waals surface area (Å²) < 4.78 is 21.5. The summed E-state index contributed by atoms with van der Waals surface area (Å²) >= 11 is 1.28. The molecular weight excluding hydrogens is 272 g/mol. The lowest BCUT2D eigenvalue weighted by Crippen LogP contribution is -2.45. The number of methoxy groups -OCH3 is 1. The third-order valence-corrected chi connectivity index (χ3v) is 6.17. The van der Waals surface area contributed by atoms with Crippen LogP contribution in [0.4, 0.5) is 0 Å². The molecule has 5 nitrogen and oxygen atoms in total. The molecule has 108 valence electrons. The van der Waals surface area contributed by atoms with E-state index in [1.165, 1.54) is 18.9 Å². The number of carbonyl (C=O) groups is 1. The summed E-state index contributed by atoms with van der Waals surface area (Å²) in [5.41, 5.74) is 0. The van der Waals surface area contributed by atoms with Gasteiger partial charge in [-0.25, -0.2) is 0 Å². The molecule has 0 aromatic carbocycles. The van der Waals surface area contributed by atoms with E-state index in [1.54, 1.807) is 7.11 Å². The Kier molecular flexibility index (Phi) is 11.0. The molecule has 0 N–H and O–H groups in total. The molecule has 0 rings (SSSR count). The monoisotopic (exact) mass is 296 g/mol. The van der Waals surface area contributed by atoms with Crippen LogP contribution < -0.4 is 0 Å². The highest BCUT2D eigenvalue weighted by Gasteiger charge is 2.38. The molecule has 0 aliphatic rings. The molecule has 0 saturated heterocycles. The van der Waals surface area contributed by atoms with Crippen LogP contribution >= 0.6 is 11.8 Å². The van der Waals surface area contributed by atoms with Crippen molar-refractivity contribution >= 4 is 25.7 Å². The van der Waals surface area contributed by atoms with Crippen LogP contribution in [0.3, 0.4) is 0 Å². The fraction of sp³-hybridized carbons (Fsp3) is 0.909. The zero-order valence-corrected chi connectivity index (χ0v) is 13.5. The molecule has 0 unspecified atom stereocenters. The van der Waals surface area contributed by atoms with Gasteiger partial charge in [0.15, 0.2) is 0 Å². The molecule has 0 aromatic heterocycles. The van der Waals surface area contributed by atoms with Crippen LogP contribution in [0.15, 0.2) is 0 Å². The van der Waals surface area contributed by atoms with Crippen LogP contribution in [0.1, 0.15) is 20.3 Å². The van der Waals surface area contributed by atoms with Gasteiger partial charge in [-0.1, -0.05) is 11.8 Å². The van der Waals surface area contributed by atoms with Crippen molar-refractivity contribution < 1.29 is 22.8 Å². The minimum atomic E-state index is -2.52. The summed E-state index contributed by atoms with van der Waals surface area (Å²) in [6, 6.07) is 0.735. The molecule has 0 amide bonds. The van der Waals surface area contributed by atoms with Gasteiger partial charge in [0.25, 0.3) is 0 Å². The first-order valence-electron chi connectivity index (χ1n) is 6.11. The van der Waals surface area contributed by atoms with Gasteiger partial charge in [0.05, 0.1) is 0 Å². The minimum absolute atomic E-state index is 0.0509. The lowest BCUT2D eigenvalue weighted by Gasteiger charge is -2.27. The standard InChI is InChI=1S/C11H24O5SSi/c1-5-15-18(14-4,16-6-2)9-7-8-17-11(12)10-13-3/h5-10H2,1-4H3. The van der Waals surface area contributed by atoms with Gasteiger partial charge >= 0.3 is 8.80 Å². The zero-order valence-electron chi connectivity index (χ0n) is 11.7. The van der Waals surface area contributed by atoms with Gasteiger partial charge in [0.2, 0.25) is 5.12 Å². The lowest BCUT2D eigenvalue weighted by atomic mass is 10.6. The van der Waals surface area contributed by atoms with E-state index in [4.69, 9.17) is 18.0 Å². The van der Waals surface area contributed by atoms with Crippen LogP contribution in [-0.2, 0) is 22.8 Å². The molecule has 0 saturated carbocycles. The smallest absolute Gasteiger partial charge is 0.377 e. The van der Waals surface area contributed by atoms with Gasteiger partial charge in [-0.2, -0.15) is 0 Å². The Labute approximate surface area is 115 Å². The Bertz CT molecular complexity index is 221. The van der Waals surface area contributed by atoms with Crippen LogP contribution in [-0.4, -0.2) is 53.7 Å². The second-order valence-electron chi connectivity index (χ2n) is 3.51.